The van der Waals surface area contributed by atoms with E-state index in [9.17, 15) is 16.8 Å². The minimum atomic E-state index is -3.97. The van der Waals surface area contributed by atoms with Crippen LogP contribution in [0.25, 0.3) is 0 Å². The molecule has 2 aromatic rings. The summed E-state index contributed by atoms with van der Waals surface area (Å²) in [6.45, 7) is 2.68. The van der Waals surface area contributed by atoms with E-state index in [-0.39, 0.29) is 15.5 Å². The zero-order chi connectivity index (χ0) is 22.5. The molecule has 1 aliphatic carbocycles. The number of sulfonamides is 2. The van der Waals surface area contributed by atoms with Gasteiger partial charge >= 0.3 is 0 Å². The minimum Gasteiger partial charge on any atom is -0.383 e. The Morgan fingerprint density at radius 2 is 1.55 bits per heavy atom. The summed E-state index contributed by atoms with van der Waals surface area (Å²) in [4.78, 5) is -0.0218. The predicted molar refractivity (Wildman–Crippen MR) is 124 cm³/mol. The largest absolute Gasteiger partial charge is 0.383 e. The first kappa shape index (κ1) is 23.6. The van der Waals surface area contributed by atoms with Crippen LogP contribution in [-0.4, -0.2) is 23.4 Å². The van der Waals surface area contributed by atoms with Crippen LogP contribution in [0.15, 0.2) is 52.3 Å². The summed E-state index contributed by atoms with van der Waals surface area (Å²) in [5.74, 6) is 0.485. The molecule has 0 saturated heterocycles. The average Bonchev–Trinajstić information content (AvgIpc) is 2.75. The van der Waals surface area contributed by atoms with Gasteiger partial charge in [0.2, 0.25) is 10.0 Å². The molecule has 170 valence electrons. The molecule has 7 nitrogen and oxygen atoms in total. The first-order valence-corrected chi connectivity index (χ1v) is 13.8. The molecule has 3 rings (SSSR count). The SMILES string of the molecule is CCCCNc1ccc(S(N)(=O)=O)cc1NS(=O)(=O)c1ccc(C2CCCCC2)cc1. The number of primary sulfonamides is 1. The Morgan fingerprint density at radius 3 is 2.16 bits per heavy atom. The Bertz CT molecular complexity index is 1090. The Balaban J connectivity index is 1.86. The van der Waals surface area contributed by atoms with Crippen LogP contribution in [0.4, 0.5) is 11.4 Å². The molecule has 0 radical (unpaired) electrons. The molecule has 0 unspecified atom stereocenters. The van der Waals surface area contributed by atoms with Crippen molar-refractivity contribution >= 4 is 31.4 Å². The Morgan fingerprint density at radius 1 is 0.903 bits per heavy atom. The number of hydrogen-bond acceptors (Lipinski definition) is 5. The zero-order valence-electron chi connectivity index (χ0n) is 17.8. The zero-order valence-corrected chi connectivity index (χ0v) is 19.4. The lowest BCUT2D eigenvalue weighted by molar-refractivity contribution is 0.443. The molecule has 4 N–H and O–H groups in total. The quantitative estimate of drug-likeness (QED) is 0.475. The maximum absolute atomic E-state index is 13.0. The third kappa shape index (κ3) is 6.21. The second-order valence-corrected chi connectivity index (χ2v) is 11.3. The minimum absolute atomic E-state index is 0.132. The van der Waals surface area contributed by atoms with E-state index in [1.807, 2.05) is 19.1 Å². The Hall–Kier alpha value is -2.10. The fraction of sp³-hybridized carbons (Fsp3) is 0.455. The summed E-state index contributed by atoms with van der Waals surface area (Å²) in [5, 5.41) is 8.39. The predicted octanol–water partition coefficient (Wildman–Crippen LogP) is 4.39. The molecule has 0 aromatic heterocycles. The van der Waals surface area contributed by atoms with Crippen LogP contribution in [0.2, 0.25) is 0 Å². The molecule has 0 atom stereocenters. The monoisotopic (exact) mass is 465 g/mol. The highest BCUT2D eigenvalue weighted by Gasteiger charge is 2.20. The van der Waals surface area contributed by atoms with Crippen molar-refractivity contribution in [1.29, 1.82) is 0 Å². The van der Waals surface area contributed by atoms with E-state index in [1.54, 1.807) is 12.1 Å². The lowest BCUT2D eigenvalue weighted by Crippen LogP contribution is -2.17. The number of benzene rings is 2. The molecule has 0 spiro atoms. The van der Waals surface area contributed by atoms with Crippen molar-refractivity contribution in [3.05, 3.63) is 48.0 Å². The number of rotatable bonds is 9. The van der Waals surface area contributed by atoms with Gasteiger partial charge in [-0.15, -0.1) is 0 Å². The van der Waals surface area contributed by atoms with Gasteiger partial charge < -0.3 is 5.32 Å². The lowest BCUT2D eigenvalue weighted by atomic mass is 9.84. The van der Waals surface area contributed by atoms with Gasteiger partial charge in [-0.3, -0.25) is 4.72 Å². The van der Waals surface area contributed by atoms with Crippen LogP contribution < -0.4 is 15.2 Å². The molecule has 31 heavy (non-hydrogen) atoms. The summed E-state index contributed by atoms with van der Waals surface area (Å²) < 4.78 is 52.1. The van der Waals surface area contributed by atoms with E-state index in [4.69, 9.17) is 5.14 Å². The summed E-state index contributed by atoms with van der Waals surface area (Å²) in [7, 11) is -7.87. The van der Waals surface area contributed by atoms with Gasteiger partial charge in [-0.1, -0.05) is 44.7 Å². The van der Waals surface area contributed by atoms with E-state index in [1.165, 1.54) is 37.5 Å². The summed E-state index contributed by atoms with van der Waals surface area (Å²) >= 11 is 0. The molecule has 1 fully saturated rings. The summed E-state index contributed by atoms with van der Waals surface area (Å²) in [5.41, 5.74) is 1.82. The van der Waals surface area contributed by atoms with Gasteiger partial charge in [-0.2, -0.15) is 0 Å². The number of anilines is 2. The molecule has 1 saturated carbocycles. The van der Waals surface area contributed by atoms with Crippen molar-refractivity contribution in [2.24, 2.45) is 5.14 Å². The van der Waals surface area contributed by atoms with Gasteiger partial charge in [0.05, 0.1) is 21.2 Å². The van der Waals surface area contributed by atoms with Crippen molar-refractivity contribution in [2.45, 2.75) is 67.6 Å². The normalized spacial score (nSPS) is 15.5. The van der Waals surface area contributed by atoms with Crippen molar-refractivity contribution < 1.29 is 16.8 Å². The molecule has 9 heteroatoms. The highest BCUT2D eigenvalue weighted by molar-refractivity contribution is 7.92. The van der Waals surface area contributed by atoms with Crippen LogP contribution >= 0.6 is 0 Å². The molecular formula is C22H31N3O4S2. The topological polar surface area (TPSA) is 118 Å². The molecule has 1 aliphatic rings. The Labute approximate surface area is 185 Å². The van der Waals surface area contributed by atoms with Crippen molar-refractivity contribution in [2.75, 3.05) is 16.6 Å². The van der Waals surface area contributed by atoms with Gasteiger partial charge in [0, 0.05) is 6.54 Å². The third-order valence-electron chi connectivity index (χ3n) is 5.68. The van der Waals surface area contributed by atoms with Gasteiger partial charge in [-0.25, -0.2) is 22.0 Å². The fourth-order valence-corrected chi connectivity index (χ4v) is 5.51. The molecular weight excluding hydrogens is 434 g/mol. The van der Waals surface area contributed by atoms with Crippen LogP contribution in [-0.2, 0) is 20.0 Å². The molecule has 0 bridgehead atoms. The smallest absolute Gasteiger partial charge is 0.261 e. The number of nitrogens with one attached hydrogen (secondary N) is 2. The van der Waals surface area contributed by atoms with Crippen molar-refractivity contribution in [3.8, 4) is 0 Å². The second kappa shape index (κ2) is 10.0. The molecule has 0 aliphatic heterocycles. The van der Waals surface area contributed by atoms with E-state index < -0.39 is 20.0 Å². The summed E-state index contributed by atoms with van der Waals surface area (Å²) in [6.07, 6.45) is 7.82. The fourth-order valence-electron chi connectivity index (χ4n) is 3.90. The van der Waals surface area contributed by atoms with E-state index in [0.717, 1.165) is 31.2 Å². The first-order valence-electron chi connectivity index (χ1n) is 10.7. The Kier molecular flexibility index (Phi) is 7.61. The maximum atomic E-state index is 13.0. The van der Waals surface area contributed by atoms with Crippen LogP contribution in [0.5, 0.6) is 0 Å². The van der Waals surface area contributed by atoms with Gasteiger partial charge in [0.25, 0.3) is 10.0 Å². The van der Waals surface area contributed by atoms with E-state index in [2.05, 4.69) is 10.0 Å². The number of nitrogens with two attached hydrogens (primary N) is 1. The molecule has 0 amide bonds. The highest BCUT2D eigenvalue weighted by Crippen LogP contribution is 2.33. The number of unbranched alkanes of at least 4 members (excludes halogenated alkanes) is 1. The van der Waals surface area contributed by atoms with Gasteiger partial charge in [0.1, 0.15) is 0 Å². The average molecular weight is 466 g/mol. The van der Waals surface area contributed by atoms with Crippen molar-refractivity contribution in [1.82, 2.24) is 0 Å². The van der Waals surface area contributed by atoms with Crippen molar-refractivity contribution in [3.63, 3.8) is 0 Å². The van der Waals surface area contributed by atoms with E-state index in [0.29, 0.717) is 18.2 Å². The molecule has 0 heterocycles. The van der Waals surface area contributed by atoms with Gasteiger partial charge in [-0.05, 0) is 61.1 Å². The maximum Gasteiger partial charge on any atom is 0.261 e. The van der Waals surface area contributed by atoms with Crippen LogP contribution in [0.1, 0.15) is 63.4 Å². The first-order chi connectivity index (χ1) is 14.7. The summed E-state index contributed by atoms with van der Waals surface area (Å²) in [6, 6.07) is 11.1. The lowest BCUT2D eigenvalue weighted by Gasteiger charge is -2.22. The van der Waals surface area contributed by atoms with Crippen LogP contribution in [0.3, 0.4) is 0 Å². The molecule has 2 aromatic carbocycles. The van der Waals surface area contributed by atoms with Gasteiger partial charge in [0.15, 0.2) is 0 Å². The third-order valence-corrected chi connectivity index (χ3v) is 7.97. The standard InChI is InChI=1S/C22H31N3O4S2/c1-2-3-15-24-21-14-13-20(30(23,26)27)16-22(21)25-31(28,29)19-11-9-18(10-12-19)17-7-5-4-6-8-17/h9-14,16-17,24-25H,2-8,15H2,1H3,(H2,23,26,27). The second-order valence-electron chi connectivity index (χ2n) is 8.04. The number of hydrogen-bond donors (Lipinski definition) is 3. The highest BCUT2D eigenvalue weighted by atomic mass is 32.2. The van der Waals surface area contributed by atoms with Crippen LogP contribution in [0, 0.1) is 0 Å². The van der Waals surface area contributed by atoms with E-state index >= 15 is 0 Å².